The van der Waals surface area contributed by atoms with E-state index in [0.717, 1.165) is 19.4 Å². The maximum atomic E-state index is 12.4. The molecule has 2 aliphatic heterocycles. The highest BCUT2D eigenvalue weighted by molar-refractivity contribution is 6.35. The smallest absolute Gasteiger partial charge is 0.260 e. The van der Waals surface area contributed by atoms with Gasteiger partial charge in [0.2, 0.25) is 0 Å². The van der Waals surface area contributed by atoms with E-state index in [9.17, 15) is 4.79 Å². The monoisotopic (exact) mass is 359 g/mol. The van der Waals surface area contributed by atoms with E-state index in [0.29, 0.717) is 35.6 Å². The van der Waals surface area contributed by atoms with Gasteiger partial charge in [-0.15, -0.1) is 0 Å². The van der Waals surface area contributed by atoms with Crippen LogP contribution in [-0.4, -0.2) is 50.0 Å². The van der Waals surface area contributed by atoms with Gasteiger partial charge in [-0.2, -0.15) is 0 Å². The van der Waals surface area contributed by atoms with Crippen molar-refractivity contribution in [3.63, 3.8) is 0 Å². The maximum Gasteiger partial charge on any atom is 0.260 e. The van der Waals surface area contributed by atoms with Crippen LogP contribution in [-0.2, 0) is 14.3 Å². The van der Waals surface area contributed by atoms with Gasteiger partial charge in [0.25, 0.3) is 5.91 Å². The normalized spacial score (nSPS) is 22.3. The van der Waals surface area contributed by atoms with E-state index in [1.165, 1.54) is 0 Å². The second-order valence-electron chi connectivity index (χ2n) is 5.72. The van der Waals surface area contributed by atoms with Crippen molar-refractivity contribution in [2.24, 2.45) is 5.92 Å². The minimum atomic E-state index is -0.183. The van der Waals surface area contributed by atoms with Crippen LogP contribution < -0.4 is 4.74 Å². The van der Waals surface area contributed by atoms with Crippen molar-refractivity contribution in [1.82, 2.24) is 4.90 Å². The zero-order valence-corrected chi connectivity index (χ0v) is 14.2. The Morgan fingerprint density at radius 2 is 2.09 bits per heavy atom. The highest BCUT2D eigenvalue weighted by Crippen LogP contribution is 2.28. The van der Waals surface area contributed by atoms with Crippen LogP contribution in [0.3, 0.4) is 0 Å². The molecule has 23 heavy (non-hydrogen) atoms. The molecule has 2 saturated heterocycles. The molecule has 0 saturated carbocycles. The number of carbonyl (C=O) groups is 1. The second kappa shape index (κ2) is 7.71. The van der Waals surface area contributed by atoms with E-state index >= 15 is 0 Å². The lowest BCUT2D eigenvalue weighted by atomic mass is 9.97. The largest absolute Gasteiger partial charge is 0.482 e. The van der Waals surface area contributed by atoms with Crippen LogP contribution in [0.15, 0.2) is 18.2 Å². The number of rotatable bonds is 4. The SMILES string of the molecule is O=C(COc1ccc(Cl)cc1Cl)N1CCCC(C2OCCO2)C1. The Labute approximate surface area is 145 Å². The summed E-state index contributed by atoms with van der Waals surface area (Å²) in [5, 5.41) is 0.929. The first-order valence-electron chi connectivity index (χ1n) is 7.72. The Morgan fingerprint density at radius 3 is 2.83 bits per heavy atom. The Balaban J connectivity index is 1.53. The lowest BCUT2D eigenvalue weighted by Gasteiger charge is -2.34. The quantitative estimate of drug-likeness (QED) is 0.828. The molecule has 0 spiro atoms. The molecule has 0 radical (unpaired) electrons. The van der Waals surface area contributed by atoms with Crippen LogP contribution in [0, 0.1) is 5.92 Å². The zero-order chi connectivity index (χ0) is 16.2. The van der Waals surface area contributed by atoms with Gasteiger partial charge in [-0.05, 0) is 31.0 Å². The average molecular weight is 360 g/mol. The van der Waals surface area contributed by atoms with Gasteiger partial charge in [0.05, 0.1) is 18.2 Å². The van der Waals surface area contributed by atoms with Crippen molar-refractivity contribution >= 4 is 29.1 Å². The molecule has 3 rings (SSSR count). The number of likely N-dealkylation sites (tertiary alicyclic amines) is 1. The number of halogens is 2. The fourth-order valence-corrected chi connectivity index (χ4v) is 3.39. The van der Waals surface area contributed by atoms with Crippen molar-refractivity contribution < 1.29 is 19.0 Å². The third-order valence-electron chi connectivity index (χ3n) is 4.09. The maximum absolute atomic E-state index is 12.4. The number of amides is 1. The molecule has 5 nitrogen and oxygen atoms in total. The van der Waals surface area contributed by atoms with Crippen molar-refractivity contribution in [1.29, 1.82) is 0 Å². The average Bonchev–Trinajstić information content (AvgIpc) is 3.08. The molecule has 1 aromatic rings. The van der Waals surface area contributed by atoms with E-state index in [-0.39, 0.29) is 24.7 Å². The predicted molar refractivity (Wildman–Crippen MR) is 87.0 cm³/mol. The number of piperidine rings is 1. The van der Waals surface area contributed by atoms with E-state index in [2.05, 4.69) is 0 Å². The Morgan fingerprint density at radius 1 is 1.30 bits per heavy atom. The fourth-order valence-electron chi connectivity index (χ4n) is 2.93. The first kappa shape index (κ1) is 16.8. The van der Waals surface area contributed by atoms with Gasteiger partial charge in [-0.25, -0.2) is 0 Å². The Hall–Kier alpha value is -1.01. The number of ether oxygens (including phenoxy) is 3. The van der Waals surface area contributed by atoms with Crippen molar-refractivity contribution in [2.45, 2.75) is 19.1 Å². The molecule has 1 unspecified atom stereocenters. The lowest BCUT2D eigenvalue weighted by molar-refractivity contribution is -0.141. The van der Waals surface area contributed by atoms with Crippen LogP contribution in [0.4, 0.5) is 0 Å². The molecule has 0 N–H and O–H groups in total. The van der Waals surface area contributed by atoms with Crippen LogP contribution in [0.1, 0.15) is 12.8 Å². The summed E-state index contributed by atoms with van der Waals surface area (Å²) in [5.74, 6) is 0.633. The summed E-state index contributed by atoms with van der Waals surface area (Å²) in [6.07, 6.45) is 1.77. The minimum Gasteiger partial charge on any atom is -0.482 e. The fraction of sp³-hybridized carbons (Fsp3) is 0.562. The molecule has 2 aliphatic rings. The molecular formula is C16H19Cl2NO4. The summed E-state index contributed by atoms with van der Waals surface area (Å²) in [4.78, 5) is 14.2. The van der Waals surface area contributed by atoms with Crippen LogP contribution in [0.25, 0.3) is 0 Å². The summed E-state index contributed by atoms with van der Waals surface area (Å²) >= 11 is 11.9. The summed E-state index contributed by atoms with van der Waals surface area (Å²) < 4.78 is 16.6. The third-order valence-corrected chi connectivity index (χ3v) is 4.62. The minimum absolute atomic E-state index is 0.0412. The highest BCUT2D eigenvalue weighted by Gasteiger charge is 2.32. The van der Waals surface area contributed by atoms with Gasteiger partial charge in [0.1, 0.15) is 5.75 Å². The van der Waals surface area contributed by atoms with Gasteiger partial charge in [-0.3, -0.25) is 4.79 Å². The summed E-state index contributed by atoms with van der Waals surface area (Å²) in [6.45, 7) is 2.60. The van der Waals surface area contributed by atoms with Gasteiger partial charge in [-0.1, -0.05) is 23.2 Å². The number of carbonyl (C=O) groups excluding carboxylic acids is 1. The molecule has 0 bridgehead atoms. The second-order valence-corrected chi connectivity index (χ2v) is 6.56. The van der Waals surface area contributed by atoms with Crippen LogP contribution >= 0.6 is 23.2 Å². The first-order chi connectivity index (χ1) is 11.1. The molecule has 126 valence electrons. The molecule has 1 amide bonds. The van der Waals surface area contributed by atoms with Gasteiger partial charge in [0, 0.05) is 24.0 Å². The number of hydrogen-bond acceptors (Lipinski definition) is 4. The predicted octanol–water partition coefficient (Wildman–Crippen LogP) is 2.98. The number of nitrogens with zero attached hydrogens (tertiary/aromatic N) is 1. The first-order valence-corrected chi connectivity index (χ1v) is 8.48. The topological polar surface area (TPSA) is 48.0 Å². The van der Waals surface area contributed by atoms with Gasteiger partial charge < -0.3 is 19.1 Å². The standard InChI is InChI=1S/C16H19Cl2NO4/c17-12-3-4-14(13(18)8-12)23-10-15(20)19-5-1-2-11(9-19)16-21-6-7-22-16/h3-4,8,11,16H,1-2,5-7,9-10H2. The Bertz CT molecular complexity index is 563. The van der Waals surface area contributed by atoms with Crippen molar-refractivity contribution in [3.8, 4) is 5.75 Å². The van der Waals surface area contributed by atoms with Crippen molar-refractivity contribution in [2.75, 3.05) is 32.9 Å². The van der Waals surface area contributed by atoms with E-state index in [1.54, 1.807) is 18.2 Å². The molecule has 2 heterocycles. The molecule has 7 heteroatoms. The molecule has 1 atom stereocenters. The molecular weight excluding hydrogens is 341 g/mol. The van der Waals surface area contributed by atoms with Crippen molar-refractivity contribution in [3.05, 3.63) is 28.2 Å². The lowest BCUT2D eigenvalue weighted by Crippen LogP contribution is -2.45. The molecule has 0 aromatic heterocycles. The molecule has 1 aromatic carbocycles. The summed E-state index contributed by atoms with van der Waals surface area (Å²) in [5.41, 5.74) is 0. The summed E-state index contributed by atoms with van der Waals surface area (Å²) in [7, 11) is 0. The van der Waals surface area contributed by atoms with Crippen LogP contribution in [0.5, 0.6) is 5.75 Å². The zero-order valence-electron chi connectivity index (χ0n) is 12.7. The number of benzene rings is 1. The Kier molecular flexibility index (Phi) is 5.64. The number of hydrogen-bond donors (Lipinski definition) is 0. The molecule has 0 aliphatic carbocycles. The highest BCUT2D eigenvalue weighted by atomic mass is 35.5. The third kappa shape index (κ3) is 4.29. The van der Waals surface area contributed by atoms with Gasteiger partial charge in [0.15, 0.2) is 12.9 Å². The van der Waals surface area contributed by atoms with Gasteiger partial charge >= 0.3 is 0 Å². The molecule has 2 fully saturated rings. The van der Waals surface area contributed by atoms with E-state index < -0.39 is 0 Å². The summed E-state index contributed by atoms with van der Waals surface area (Å²) in [6, 6.07) is 4.94. The van der Waals surface area contributed by atoms with Crippen LogP contribution in [0.2, 0.25) is 10.0 Å². The van der Waals surface area contributed by atoms with E-state index in [1.807, 2.05) is 4.90 Å². The van der Waals surface area contributed by atoms with E-state index in [4.69, 9.17) is 37.4 Å².